The van der Waals surface area contributed by atoms with E-state index in [1.807, 2.05) is 12.4 Å². The van der Waals surface area contributed by atoms with Gasteiger partial charge in [0.05, 0.1) is 17.8 Å². The maximum absolute atomic E-state index is 6.35. The first-order valence-corrected chi connectivity index (χ1v) is 9.09. The summed E-state index contributed by atoms with van der Waals surface area (Å²) in [6.45, 7) is 13.7. The van der Waals surface area contributed by atoms with Gasteiger partial charge in [0.25, 0.3) is 0 Å². The summed E-state index contributed by atoms with van der Waals surface area (Å²) in [5.74, 6) is 0. The molecular weight excluding hydrogens is 297 g/mol. The lowest BCUT2D eigenvalue weighted by Crippen LogP contribution is -2.36. The van der Waals surface area contributed by atoms with Gasteiger partial charge in [-0.2, -0.15) is 5.10 Å². The van der Waals surface area contributed by atoms with Gasteiger partial charge in [0.15, 0.2) is 5.65 Å². The Morgan fingerprint density at radius 3 is 2.42 bits per heavy atom. The second kappa shape index (κ2) is 4.84. The first-order valence-electron chi connectivity index (χ1n) is 9.09. The van der Waals surface area contributed by atoms with E-state index in [1.54, 1.807) is 0 Å². The Morgan fingerprint density at radius 2 is 1.83 bits per heavy atom. The number of aromatic nitrogens is 3. The average molecular weight is 325 g/mol. The van der Waals surface area contributed by atoms with Crippen LogP contribution in [0.1, 0.15) is 60.4 Å². The number of hydrogen-bond acceptors (Lipinski definition) is 3. The third-order valence-corrected chi connectivity index (χ3v) is 6.51. The van der Waals surface area contributed by atoms with Gasteiger partial charge >= 0.3 is 6.92 Å². The van der Waals surface area contributed by atoms with Crippen LogP contribution in [0.2, 0.25) is 6.32 Å². The highest BCUT2D eigenvalue weighted by Crippen LogP contribution is 2.48. The van der Waals surface area contributed by atoms with E-state index in [4.69, 9.17) is 9.64 Å². The van der Waals surface area contributed by atoms with Crippen LogP contribution in [-0.4, -0.2) is 27.3 Å². The predicted molar refractivity (Wildman–Crippen MR) is 98.7 cm³/mol. The molecule has 0 atom stereocenters. The minimum absolute atomic E-state index is 0.117. The van der Waals surface area contributed by atoms with Gasteiger partial charge in [0.1, 0.15) is 0 Å². The molecule has 1 saturated carbocycles. The molecule has 128 valence electrons. The van der Waals surface area contributed by atoms with Crippen LogP contribution < -0.4 is 5.46 Å². The van der Waals surface area contributed by atoms with Gasteiger partial charge < -0.3 is 4.65 Å². The smallest absolute Gasteiger partial charge is 0.329 e. The Labute approximate surface area is 145 Å². The molecule has 2 aliphatic rings. The third-order valence-electron chi connectivity index (χ3n) is 6.51. The van der Waals surface area contributed by atoms with E-state index < -0.39 is 0 Å². The normalized spacial score (nSPS) is 25.2. The van der Waals surface area contributed by atoms with Gasteiger partial charge in [-0.1, -0.05) is 33.8 Å². The molecule has 1 saturated heterocycles. The zero-order valence-corrected chi connectivity index (χ0v) is 15.8. The fraction of sp³-hybridized carbons (Fsp3) is 0.684. The molecule has 2 fully saturated rings. The summed E-state index contributed by atoms with van der Waals surface area (Å²) in [6, 6.07) is 2.72. The van der Waals surface area contributed by atoms with Crippen molar-refractivity contribution < 1.29 is 4.65 Å². The average Bonchev–Trinajstić information content (AvgIpc) is 2.94. The fourth-order valence-corrected chi connectivity index (χ4v) is 4.24. The van der Waals surface area contributed by atoms with Gasteiger partial charge in [0, 0.05) is 11.6 Å². The van der Waals surface area contributed by atoms with Crippen molar-refractivity contribution >= 4 is 23.4 Å². The molecule has 3 heterocycles. The monoisotopic (exact) mass is 325 g/mol. The Kier molecular flexibility index (Phi) is 3.26. The van der Waals surface area contributed by atoms with E-state index in [-0.39, 0.29) is 17.9 Å². The maximum atomic E-state index is 6.35. The minimum atomic E-state index is -0.117. The summed E-state index contributed by atoms with van der Waals surface area (Å²) < 4.78 is 8.46. The van der Waals surface area contributed by atoms with Gasteiger partial charge in [0.2, 0.25) is 0 Å². The lowest BCUT2D eigenvalue weighted by atomic mass is 9.54. The molecule has 1 aliphatic heterocycles. The van der Waals surface area contributed by atoms with E-state index in [0.717, 1.165) is 17.4 Å². The van der Waals surface area contributed by atoms with Gasteiger partial charge in [-0.25, -0.2) is 9.67 Å². The molecule has 4 rings (SSSR count). The number of fused-ring (bicyclic) bond motifs is 1. The SMILES string of the molecule is CC1(C)CC(n2ncc3cc(B4CC(C)(C)C(C)(C)O4)cnc32)C1. The minimum Gasteiger partial charge on any atom is -0.425 e. The van der Waals surface area contributed by atoms with Crippen molar-refractivity contribution in [2.24, 2.45) is 10.8 Å². The quantitative estimate of drug-likeness (QED) is 0.788. The maximum Gasteiger partial charge on any atom is 0.329 e. The summed E-state index contributed by atoms with van der Waals surface area (Å²) >= 11 is 0. The largest absolute Gasteiger partial charge is 0.425 e. The number of hydrogen-bond donors (Lipinski definition) is 0. The molecule has 0 bridgehead atoms. The highest BCUT2D eigenvalue weighted by Gasteiger charge is 2.50. The highest BCUT2D eigenvalue weighted by atomic mass is 16.5. The highest BCUT2D eigenvalue weighted by molar-refractivity contribution is 6.68. The molecule has 2 aromatic rings. The molecule has 0 unspecified atom stereocenters. The molecule has 4 nitrogen and oxygen atoms in total. The van der Waals surface area contributed by atoms with Crippen molar-refractivity contribution in [3.05, 3.63) is 18.5 Å². The van der Waals surface area contributed by atoms with E-state index >= 15 is 0 Å². The summed E-state index contributed by atoms with van der Waals surface area (Å²) in [6.07, 6.45) is 7.34. The molecule has 1 aliphatic carbocycles. The van der Waals surface area contributed by atoms with Crippen molar-refractivity contribution in [2.75, 3.05) is 0 Å². The van der Waals surface area contributed by atoms with Crippen molar-refractivity contribution in [1.82, 2.24) is 14.8 Å². The first-order chi connectivity index (χ1) is 11.1. The van der Waals surface area contributed by atoms with Crippen molar-refractivity contribution in [1.29, 1.82) is 0 Å². The number of pyridine rings is 1. The second-order valence-corrected chi connectivity index (χ2v) is 9.70. The molecule has 5 heteroatoms. The first kappa shape index (κ1) is 16.1. The second-order valence-electron chi connectivity index (χ2n) is 9.70. The number of nitrogens with zero attached hydrogens (tertiary/aromatic N) is 3. The number of rotatable bonds is 2. The molecule has 0 amide bonds. The van der Waals surface area contributed by atoms with Crippen LogP contribution >= 0.6 is 0 Å². The van der Waals surface area contributed by atoms with E-state index in [2.05, 4.69) is 57.4 Å². The van der Waals surface area contributed by atoms with Crippen molar-refractivity contribution in [3.63, 3.8) is 0 Å². The molecule has 0 aromatic carbocycles. The Hall–Kier alpha value is -1.36. The zero-order valence-electron chi connectivity index (χ0n) is 15.8. The summed E-state index contributed by atoms with van der Waals surface area (Å²) in [5.41, 5.74) is 2.67. The predicted octanol–water partition coefficient (Wildman–Crippen LogP) is 3.83. The molecule has 0 N–H and O–H groups in total. The summed E-state index contributed by atoms with van der Waals surface area (Å²) in [5, 5.41) is 5.75. The van der Waals surface area contributed by atoms with Crippen molar-refractivity contribution in [2.45, 2.75) is 72.3 Å². The van der Waals surface area contributed by atoms with Crippen LogP contribution in [0.4, 0.5) is 0 Å². The Bertz CT molecular complexity index is 769. The van der Waals surface area contributed by atoms with Crippen molar-refractivity contribution in [3.8, 4) is 0 Å². The third kappa shape index (κ3) is 2.40. The van der Waals surface area contributed by atoms with E-state index in [9.17, 15) is 0 Å². The lowest BCUT2D eigenvalue weighted by molar-refractivity contribution is 0.0375. The van der Waals surface area contributed by atoms with Crippen LogP contribution in [0, 0.1) is 10.8 Å². The Balaban J connectivity index is 1.62. The fourth-order valence-electron chi connectivity index (χ4n) is 4.24. The lowest BCUT2D eigenvalue weighted by Gasteiger charge is -2.42. The van der Waals surface area contributed by atoms with Crippen LogP contribution in [0.3, 0.4) is 0 Å². The summed E-state index contributed by atoms with van der Waals surface area (Å²) in [7, 11) is 0. The van der Waals surface area contributed by atoms with E-state index in [1.165, 1.54) is 18.3 Å². The molecule has 24 heavy (non-hydrogen) atoms. The molecular formula is C19H28BN3O. The summed E-state index contributed by atoms with van der Waals surface area (Å²) in [4.78, 5) is 4.75. The van der Waals surface area contributed by atoms with Gasteiger partial charge in [-0.3, -0.25) is 0 Å². The van der Waals surface area contributed by atoms with Crippen LogP contribution in [0.5, 0.6) is 0 Å². The molecule has 0 spiro atoms. The van der Waals surface area contributed by atoms with Crippen LogP contribution in [-0.2, 0) is 4.65 Å². The molecule has 0 radical (unpaired) electrons. The van der Waals surface area contributed by atoms with Gasteiger partial charge in [-0.05, 0) is 49.3 Å². The molecule has 2 aromatic heterocycles. The van der Waals surface area contributed by atoms with Crippen LogP contribution in [0.15, 0.2) is 18.5 Å². The zero-order chi connectivity index (χ0) is 17.3. The topological polar surface area (TPSA) is 39.9 Å². The van der Waals surface area contributed by atoms with Crippen LogP contribution in [0.25, 0.3) is 11.0 Å². The van der Waals surface area contributed by atoms with E-state index in [0.29, 0.717) is 11.5 Å². The standard InChI is InChI=1S/C19H28BN3O/c1-17(2)8-15(9-17)23-16-13(10-22-23)7-14(11-21-16)20-12-18(3,4)19(5,6)24-20/h7,10-11,15H,8-9,12H2,1-6H3. The van der Waals surface area contributed by atoms with Gasteiger partial charge in [-0.15, -0.1) is 0 Å². The Morgan fingerprint density at radius 1 is 1.12 bits per heavy atom.